The average Bonchev–Trinajstić information content (AvgIpc) is 2.83. The first-order valence-electron chi connectivity index (χ1n) is 11.5. The van der Waals surface area contributed by atoms with E-state index in [9.17, 15) is 0 Å². The zero-order valence-corrected chi connectivity index (χ0v) is 19.0. The Labute approximate surface area is 186 Å². The largest absolute Gasteiger partial charge is 0.494 e. The number of rotatable bonds is 12. The van der Waals surface area contributed by atoms with Gasteiger partial charge in [-0.05, 0) is 54.3 Å². The van der Waals surface area contributed by atoms with Gasteiger partial charge in [-0.1, -0.05) is 58.6 Å². The zero-order valence-electron chi connectivity index (χ0n) is 19.0. The van der Waals surface area contributed by atoms with Crippen molar-refractivity contribution in [3.05, 3.63) is 60.9 Å². The van der Waals surface area contributed by atoms with Gasteiger partial charge in [0.15, 0.2) is 5.82 Å². The minimum Gasteiger partial charge on any atom is -0.494 e. The second-order valence-electron chi connectivity index (χ2n) is 8.08. The lowest BCUT2D eigenvalue weighted by atomic mass is 10.1. The third-order valence-electron chi connectivity index (χ3n) is 5.45. The van der Waals surface area contributed by atoms with Crippen molar-refractivity contribution in [2.24, 2.45) is 5.92 Å². The number of hydrogen-bond donors (Lipinski definition) is 0. The predicted octanol–water partition coefficient (Wildman–Crippen LogP) is 7.19. The molecule has 4 nitrogen and oxygen atoms in total. The lowest BCUT2D eigenvalue weighted by Crippen LogP contribution is -2.06. The molecule has 0 aliphatic carbocycles. The first-order chi connectivity index (χ1) is 15.2. The lowest BCUT2D eigenvalue weighted by Gasteiger charge is -2.11. The number of nitrogens with zero attached hydrogens (tertiary/aromatic N) is 2. The average molecular weight is 419 g/mol. The Morgan fingerprint density at radius 3 is 1.94 bits per heavy atom. The van der Waals surface area contributed by atoms with E-state index in [0.29, 0.717) is 11.7 Å². The molecule has 0 fully saturated rings. The SMILES string of the molecule is CCCCCCOc1ccc(-c2ncc(-c3ccc(OCC(C)CC)cc3)cn2)cc1. The van der Waals surface area contributed by atoms with Crippen LogP contribution in [0.1, 0.15) is 52.9 Å². The molecule has 0 saturated carbocycles. The Morgan fingerprint density at radius 1 is 0.710 bits per heavy atom. The molecule has 1 aromatic heterocycles. The van der Waals surface area contributed by atoms with Crippen LogP contribution in [0.4, 0.5) is 0 Å². The smallest absolute Gasteiger partial charge is 0.159 e. The molecular formula is C27H34N2O2. The fraction of sp³-hybridized carbons (Fsp3) is 0.407. The van der Waals surface area contributed by atoms with Gasteiger partial charge in [0.2, 0.25) is 0 Å². The molecule has 0 N–H and O–H groups in total. The van der Waals surface area contributed by atoms with Gasteiger partial charge in [-0.3, -0.25) is 0 Å². The van der Waals surface area contributed by atoms with Gasteiger partial charge in [0.05, 0.1) is 13.2 Å². The molecule has 0 bridgehead atoms. The number of aromatic nitrogens is 2. The Kier molecular flexibility index (Phi) is 8.89. The van der Waals surface area contributed by atoms with Crippen molar-refractivity contribution in [2.45, 2.75) is 52.9 Å². The van der Waals surface area contributed by atoms with Crippen molar-refractivity contribution < 1.29 is 9.47 Å². The molecule has 0 amide bonds. The van der Waals surface area contributed by atoms with Gasteiger partial charge < -0.3 is 9.47 Å². The Morgan fingerprint density at radius 2 is 1.32 bits per heavy atom. The molecule has 0 spiro atoms. The van der Waals surface area contributed by atoms with E-state index in [1.807, 2.05) is 48.8 Å². The van der Waals surface area contributed by atoms with Crippen molar-refractivity contribution in [2.75, 3.05) is 13.2 Å². The molecule has 1 heterocycles. The van der Waals surface area contributed by atoms with Crippen LogP contribution >= 0.6 is 0 Å². The highest BCUT2D eigenvalue weighted by atomic mass is 16.5. The van der Waals surface area contributed by atoms with E-state index in [2.05, 4.69) is 42.9 Å². The highest BCUT2D eigenvalue weighted by molar-refractivity contribution is 5.64. The summed E-state index contributed by atoms with van der Waals surface area (Å²) in [6.45, 7) is 8.11. The number of hydrogen-bond acceptors (Lipinski definition) is 4. The Hall–Kier alpha value is -2.88. The predicted molar refractivity (Wildman–Crippen MR) is 127 cm³/mol. The maximum absolute atomic E-state index is 5.84. The van der Waals surface area contributed by atoms with Crippen molar-refractivity contribution >= 4 is 0 Å². The molecule has 0 aliphatic rings. The number of benzene rings is 2. The van der Waals surface area contributed by atoms with Crippen LogP contribution in [0.3, 0.4) is 0 Å². The van der Waals surface area contributed by atoms with Gasteiger partial charge in [-0.2, -0.15) is 0 Å². The lowest BCUT2D eigenvalue weighted by molar-refractivity contribution is 0.256. The van der Waals surface area contributed by atoms with E-state index in [0.717, 1.165) is 54.2 Å². The summed E-state index contributed by atoms with van der Waals surface area (Å²) < 4.78 is 11.7. The number of ether oxygens (including phenoxy) is 2. The minimum absolute atomic E-state index is 0.562. The summed E-state index contributed by atoms with van der Waals surface area (Å²) in [7, 11) is 0. The topological polar surface area (TPSA) is 44.2 Å². The van der Waals surface area contributed by atoms with Gasteiger partial charge in [-0.15, -0.1) is 0 Å². The van der Waals surface area contributed by atoms with E-state index in [-0.39, 0.29) is 0 Å². The summed E-state index contributed by atoms with van der Waals surface area (Å²) in [4.78, 5) is 9.12. The van der Waals surface area contributed by atoms with E-state index in [1.165, 1.54) is 19.3 Å². The molecule has 0 aliphatic heterocycles. The van der Waals surface area contributed by atoms with E-state index in [1.54, 1.807) is 0 Å². The highest BCUT2D eigenvalue weighted by Crippen LogP contribution is 2.24. The van der Waals surface area contributed by atoms with Crippen LogP contribution in [-0.2, 0) is 0 Å². The highest BCUT2D eigenvalue weighted by Gasteiger charge is 2.05. The van der Waals surface area contributed by atoms with Crippen LogP contribution in [0.2, 0.25) is 0 Å². The first kappa shape index (κ1) is 22.8. The second kappa shape index (κ2) is 12.1. The molecule has 2 aromatic carbocycles. The maximum atomic E-state index is 5.84. The number of unbranched alkanes of at least 4 members (excludes halogenated alkanes) is 3. The zero-order chi connectivity index (χ0) is 21.9. The minimum atomic E-state index is 0.562. The van der Waals surface area contributed by atoms with Gasteiger partial charge >= 0.3 is 0 Å². The van der Waals surface area contributed by atoms with Crippen LogP contribution in [0.15, 0.2) is 60.9 Å². The molecular weight excluding hydrogens is 384 g/mol. The molecule has 31 heavy (non-hydrogen) atoms. The Balaban J connectivity index is 1.56. The monoisotopic (exact) mass is 418 g/mol. The van der Waals surface area contributed by atoms with Crippen molar-refractivity contribution in [3.8, 4) is 34.0 Å². The molecule has 4 heteroatoms. The summed E-state index contributed by atoms with van der Waals surface area (Å²) in [5.41, 5.74) is 3.05. The quantitative estimate of drug-likeness (QED) is 0.292. The normalized spacial score (nSPS) is 11.8. The van der Waals surface area contributed by atoms with Crippen LogP contribution in [0.5, 0.6) is 11.5 Å². The van der Waals surface area contributed by atoms with Gasteiger partial charge in [0.25, 0.3) is 0 Å². The first-order valence-corrected chi connectivity index (χ1v) is 11.5. The maximum Gasteiger partial charge on any atom is 0.159 e. The van der Waals surface area contributed by atoms with E-state index in [4.69, 9.17) is 9.47 Å². The fourth-order valence-electron chi connectivity index (χ4n) is 3.15. The summed E-state index contributed by atoms with van der Waals surface area (Å²) >= 11 is 0. The van der Waals surface area contributed by atoms with Gasteiger partial charge in [0.1, 0.15) is 11.5 Å². The third kappa shape index (κ3) is 7.09. The molecule has 0 saturated heterocycles. The summed E-state index contributed by atoms with van der Waals surface area (Å²) in [5.74, 6) is 3.07. The molecule has 1 unspecified atom stereocenters. The molecule has 3 aromatic rings. The van der Waals surface area contributed by atoms with Crippen molar-refractivity contribution in [1.82, 2.24) is 9.97 Å². The summed E-state index contributed by atoms with van der Waals surface area (Å²) in [6, 6.07) is 16.1. The standard InChI is InChI=1S/C27H34N2O2/c1-4-6-7-8-17-30-25-15-11-23(12-16-25)27-28-18-24(19-29-27)22-9-13-26(14-10-22)31-20-21(3)5-2/h9-16,18-19,21H,4-8,17,20H2,1-3H3. The summed E-state index contributed by atoms with van der Waals surface area (Å²) in [6.07, 6.45) is 9.70. The molecule has 1 atom stereocenters. The van der Waals surface area contributed by atoms with Crippen molar-refractivity contribution in [1.29, 1.82) is 0 Å². The molecule has 164 valence electrons. The van der Waals surface area contributed by atoms with Crippen molar-refractivity contribution in [3.63, 3.8) is 0 Å². The van der Waals surface area contributed by atoms with Gasteiger partial charge in [0, 0.05) is 23.5 Å². The fourth-order valence-corrected chi connectivity index (χ4v) is 3.15. The van der Waals surface area contributed by atoms with Crippen LogP contribution in [0.25, 0.3) is 22.5 Å². The van der Waals surface area contributed by atoms with Crippen LogP contribution in [0, 0.1) is 5.92 Å². The van der Waals surface area contributed by atoms with Crippen LogP contribution < -0.4 is 9.47 Å². The summed E-state index contributed by atoms with van der Waals surface area (Å²) in [5, 5.41) is 0. The molecule has 3 rings (SSSR count). The molecule has 0 radical (unpaired) electrons. The van der Waals surface area contributed by atoms with Gasteiger partial charge in [-0.25, -0.2) is 9.97 Å². The van der Waals surface area contributed by atoms with Crippen LogP contribution in [-0.4, -0.2) is 23.2 Å². The Bertz CT molecular complexity index is 890. The van der Waals surface area contributed by atoms with E-state index < -0.39 is 0 Å². The van der Waals surface area contributed by atoms with E-state index >= 15 is 0 Å². The third-order valence-corrected chi connectivity index (χ3v) is 5.45. The second-order valence-corrected chi connectivity index (χ2v) is 8.08.